The lowest BCUT2D eigenvalue weighted by Crippen LogP contribution is -2.41. The number of aromatic nitrogens is 3. The van der Waals surface area contributed by atoms with Gasteiger partial charge in [0.25, 0.3) is 0 Å². The molecular weight excluding hydrogens is 300 g/mol. The highest BCUT2D eigenvalue weighted by Crippen LogP contribution is 2.24. The Morgan fingerprint density at radius 3 is 2.86 bits per heavy atom. The van der Waals surface area contributed by atoms with Crippen molar-refractivity contribution in [3.05, 3.63) is 31.1 Å². The molecule has 0 aliphatic carbocycles. The van der Waals surface area contributed by atoms with E-state index >= 15 is 0 Å². The molecule has 2 heterocycles. The molecule has 0 atom stereocenters. The number of rotatable bonds is 6. The molecule has 2 rings (SSSR count). The summed E-state index contributed by atoms with van der Waals surface area (Å²) >= 11 is 1.34. The standard InChI is InChI=1S/C15H20N4O2S/c1-5-8-19-13(11-7-6-9-21-11)17-18-14(19)22-10-12(20)16-15(2,3)4/h5-7,9H,1,8,10H2,2-4H3,(H,16,20). The van der Waals surface area contributed by atoms with E-state index < -0.39 is 0 Å². The van der Waals surface area contributed by atoms with Crippen molar-refractivity contribution in [3.63, 3.8) is 0 Å². The summed E-state index contributed by atoms with van der Waals surface area (Å²) in [6.07, 6.45) is 3.35. The van der Waals surface area contributed by atoms with Crippen molar-refractivity contribution in [2.24, 2.45) is 0 Å². The van der Waals surface area contributed by atoms with Crippen molar-refractivity contribution in [2.75, 3.05) is 5.75 Å². The zero-order valence-electron chi connectivity index (χ0n) is 13.0. The second kappa shape index (κ2) is 6.83. The van der Waals surface area contributed by atoms with Crippen LogP contribution in [-0.4, -0.2) is 32.0 Å². The maximum absolute atomic E-state index is 11.9. The van der Waals surface area contributed by atoms with Crippen LogP contribution in [0.1, 0.15) is 20.8 Å². The van der Waals surface area contributed by atoms with Crippen molar-refractivity contribution >= 4 is 17.7 Å². The van der Waals surface area contributed by atoms with Gasteiger partial charge in [-0.25, -0.2) is 0 Å². The number of hydrogen-bond acceptors (Lipinski definition) is 5. The molecule has 2 aromatic rings. The van der Waals surface area contributed by atoms with Crippen molar-refractivity contribution in [3.8, 4) is 11.6 Å². The molecule has 6 nitrogen and oxygen atoms in total. The van der Waals surface area contributed by atoms with E-state index in [2.05, 4.69) is 22.1 Å². The van der Waals surface area contributed by atoms with Crippen LogP contribution in [0.25, 0.3) is 11.6 Å². The molecule has 2 aromatic heterocycles. The van der Waals surface area contributed by atoms with Crippen LogP contribution in [0.4, 0.5) is 0 Å². The van der Waals surface area contributed by atoms with E-state index in [0.29, 0.717) is 23.3 Å². The van der Waals surface area contributed by atoms with Gasteiger partial charge in [0.15, 0.2) is 10.9 Å². The molecule has 0 saturated heterocycles. The average Bonchev–Trinajstić information content (AvgIpc) is 3.04. The first-order valence-electron chi connectivity index (χ1n) is 6.92. The van der Waals surface area contributed by atoms with Crippen molar-refractivity contribution < 1.29 is 9.21 Å². The number of furan rings is 1. The molecule has 0 fully saturated rings. The number of thioether (sulfide) groups is 1. The van der Waals surface area contributed by atoms with Crippen molar-refractivity contribution in [1.82, 2.24) is 20.1 Å². The van der Waals surface area contributed by atoms with Crippen molar-refractivity contribution in [1.29, 1.82) is 0 Å². The summed E-state index contributed by atoms with van der Waals surface area (Å²) in [5, 5.41) is 11.9. The number of nitrogens with one attached hydrogen (secondary N) is 1. The van der Waals surface area contributed by atoms with Crippen molar-refractivity contribution in [2.45, 2.75) is 38.0 Å². The fraction of sp³-hybridized carbons (Fsp3) is 0.400. The smallest absolute Gasteiger partial charge is 0.230 e. The lowest BCUT2D eigenvalue weighted by Gasteiger charge is -2.20. The SMILES string of the molecule is C=CCn1c(SCC(=O)NC(C)(C)C)nnc1-c1ccco1. The van der Waals surface area contributed by atoms with Crippen LogP contribution in [0, 0.1) is 0 Å². The molecule has 0 aliphatic rings. The average molecular weight is 320 g/mol. The second-order valence-corrected chi connectivity index (χ2v) is 6.71. The van der Waals surface area contributed by atoms with Crippen LogP contribution < -0.4 is 5.32 Å². The molecule has 0 radical (unpaired) electrons. The van der Waals surface area contributed by atoms with E-state index in [4.69, 9.17) is 4.42 Å². The zero-order chi connectivity index (χ0) is 16.2. The minimum atomic E-state index is -0.244. The Morgan fingerprint density at radius 1 is 1.50 bits per heavy atom. The zero-order valence-corrected chi connectivity index (χ0v) is 13.8. The molecule has 0 spiro atoms. The number of hydrogen-bond donors (Lipinski definition) is 1. The number of nitrogens with zero attached hydrogens (tertiary/aromatic N) is 3. The molecule has 7 heteroatoms. The highest BCUT2D eigenvalue weighted by atomic mass is 32.2. The van der Waals surface area contributed by atoms with Crippen LogP contribution in [0.2, 0.25) is 0 Å². The Labute approximate surface area is 134 Å². The molecule has 0 saturated carbocycles. The maximum Gasteiger partial charge on any atom is 0.230 e. The first kappa shape index (κ1) is 16.4. The summed E-state index contributed by atoms with van der Waals surface area (Å²) in [6.45, 7) is 10.1. The van der Waals surface area contributed by atoms with Gasteiger partial charge >= 0.3 is 0 Å². The van der Waals surface area contributed by atoms with Crippen LogP contribution in [0.5, 0.6) is 0 Å². The Bertz CT molecular complexity index is 641. The quantitative estimate of drug-likeness (QED) is 0.654. The lowest BCUT2D eigenvalue weighted by molar-refractivity contribution is -0.119. The van der Waals surface area contributed by atoms with Gasteiger partial charge in [-0.3, -0.25) is 9.36 Å². The highest BCUT2D eigenvalue weighted by molar-refractivity contribution is 7.99. The molecule has 0 aromatic carbocycles. The fourth-order valence-corrected chi connectivity index (χ4v) is 2.61. The second-order valence-electron chi connectivity index (χ2n) is 5.77. The third-order valence-electron chi connectivity index (χ3n) is 2.62. The maximum atomic E-state index is 11.9. The molecule has 22 heavy (non-hydrogen) atoms. The predicted octanol–water partition coefficient (Wildman–Crippen LogP) is 2.73. The van der Waals surface area contributed by atoms with Gasteiger partial charge in [0.1, 0.15) is 0 Å². The Morgan fingerprint density at radius 2 is 2.27 bits per heavy atom. The van der Waals surface area contributed by atoms with Crippen LogP contribution in [0.15, 0.2) is 40.6 Å². The van der Waals surface area contributed by atoms with Crippen LogP contribution in [0.3, 0.4) is 0 Å². The Hall–Kier alpha value is -2.02. The third kappa shape index (κ3) is 4.24. The van der Waals surface area contributed by atoms with E-state index in [1.54, 1.807) is 18.4 Å². The van der Waals surface area contributed by atoms with Crippen LogP contribution in [-0.2, 0) is 11.3 Å². The fourth-order valence-electron chi connectivity index (χ4n) is 1.86. The van der Waals surface area contributed by atoms with E-state index in [1.807, 2.05) is 31.4 Å². The van der Waals surface area contributed by atoms with E-state index in [0.717, 1.165) is 0 Å². The van der Waals surface area contributed by atoms with Gasteiger partial charge in [0, 0.05) is 12.1 Å². The van der Waals surface area contributed by atoms with E-state index in [9.17, 15) is 4.79 Å². The summed E-state index contributed by atoms with van der Waals surface area (Å²) in [5.74, 6) is 1.51. The minimum absolute atomic E-state index is 0.0369. The summed E-state index contributed by atoms with van der Waals surface area (Å²) < 4.78 is 7.24. The third-order valence-corrected chi connectivity index (χ3v) is 3.58. The van der Waals surface area contributed by atoms with Crippen LogP contribution >= 0.6 is 11.8 Å². The monoisotopic (exact) mass is 320 g/mol. The van der Waals surface area contributed by atoms with Gasteiger partial charge in [0.05, 0.1) is 12.0 Å². The number of amides is 1. The molecule has 0 bridgehead atoms. The van der Waals surface area contributed by atoms with E-state index in [1.165, 1.54) is 11.8 Å². The summed E-state index contributed by atoms with van der Waals surface area (Å²) in [4.78, 5) is 11.9. The first-order chi connectivity index (χ1) is 10.4. The largest absolute Gasteiger partial charge is 0.461 e. The Balaban J connectivity index is 2.11. The first-order valence-corrected chi connectivity index (χ1v) is 7.91. The number of carbonyl (C=O) groups is 1. The predicted molar refractivity (Wildman–Crippen MR) is 86.5 cm³/mol. The normalized spacial score (nSPS) is 11.4. The van der Waals surface area contributed by atoms with Gasteiger partial charge in [-0.05, 0) is 32.9 Å². The van der Waals surface area contributed by atoms with Gasteiger partial charge in [-0.1, -0.05) is 17.8 Å². The molecule has 1 amide bonds. The summed E-state index contributed by atoms with van der Waals surface area (Å²) in [5.41, 5.74) is -0.244. The molecule has 0 aliphatic heterocycles. The number of carbonyl (C=O) groups excluding carboxylic acids is 1. The molecule has 1 N–H and O–H groups in total. The molecule has 118 valence electrons. The van der Waals surface area contributed by atoms with Gasteiger partial charge in [-0.15, -0.1) is 16.8 Å². The van der Waals surface area contributed by atoms with E-state index in [-0.39, 0.29) is 17.2 Å². The molecule has 0 unspecified atom stereocenters. The van der Waals surface area contributed by atoms with Gasteiger partial charge in [-0.2, -0.15) is 0 Å². The summed E-state index contributed by atoms with van der Waals surface area (Å²) in [7, 11) is 0. The summed E-state index contributed by atoms with van der Waals surface area (Å²) in [6, 6.07) is 3.62. The minimum Gasteiger partial charge on any atom is -0.461 e. The van der Waals surface area contributed by atoms with Gasteiger partial charge < -0.3 is 9.73 Å². The Kier molecular flexibility index (Phi) is 5.07. The molecular formula is C15H20N4O2S. The van der Waals surface area contributed by atoms with Gasteiger partial charge in [0.2, 0.25) is 11.7 Å². The highest BCUT2D eigenvalue weighted by Gasteiger charge is 2.18. The lowest BCUT2D eigenvalue weighted by atomic mass is 10.1. The number of allylic oxidation sites excluding steroid dienone is 1. The topological polar surface area (TPSA) is 73.0 Å².